The van der Waals surface area contributed by atoms with Crippen LogP contribution < -0.4 is 0 Å². The van der Waals surface area contributed by atoms with Crippen molar-refractivity contribution in [3.63, 3.8) is 0 Å². The Bertz CT molecular complexity index is 880. The molecule has 0 N–H and O–H groups in total. The molecule has 0 bridgehead atoms. The van der Waals surface area contributed by atoms with Gasteiger partial charge in [0.25, 0.3) is 5.91 Å². The molecule has 3 aromatic rings. The van der Waals surface area contributed by atoms with Gasteiger partial charge in [0.05, 0.1) is 24.3 Å². The molecule has 3 heterocycles. The van der Waals surface area contributed by atoms with Gasteiger partial charge in [-0.15, -0.1) is 0 Å². The standard InChI is InChI=1S/C19H22N4O2/c1-13-9-18(15(3)23(13)12-16-7-5-6-8-20-16)19(24)22(4)11-17-10-14(2)25-21-17/h5-10H,11-12H2,1-4H3. The van der Waals surface area contributed by atoms with Gasteiger partial charge in [-0.05, 0) is 39.0 Å². The van der Waals surface area contributed by atoms with Gasteiger partial charge in [-0.2, -0.15) is 0 Å². The first-order chi connectivity index (χ1) is 12.0. The minimum Gasteiger partial charge on any atom is -0.361 e. The lowest BCUT2D eigenvalue weighted by Gasteiger charge is -2.16. The zero-order valence-electron chi connectivity index (χ0n) is 15.0. The Balaban J connectivity index is 1.80. The molecule has 6 nitrogen and oxygen atoms in total. The van der Waals surface area contributed by atoms with Crippen LogP contribution in [-0.2, 0) is 13.1 Å². The zero-order chi connectivity index (χ0) is 18.0. The van der Waals surface area contributed by atoms with Gasteiger partial charge in [0.2, 0.25) is 0 Å². The number of amides is 1. The Labute approximate surface area is 147 Å². The zero-order valence-corrected chi connectivity index (χ0v) is 15.0. The summed E-state index contributed by atoms with van der Waals surface area (Å²) in [6.07, 6.45) is 1.78. The van der Waals surface area contributed by atoms with Crippen LogP contribution in [0.4, 0.5) is 0 Å². The topological polar surface area (TPSA) is 64.2 Å². The first-order valence-electron chi connectivity index (χ1n) is 8.20. The van der Waals surface area contributed by atoms with Gasteiger partial charge in [-0.25, -0.2) is 0 Å². The van der Waals surface area contributed by atoms with Gasteiger partial charge in [-0.3, -0.25) is 9.78 Å². The lowest BCUT2D eigenvalue weighted by atomic mass is 10.2. The van der Waals surface area contributed by atoms with Gasteiger partial charge < -0.3 is 14.0 Å². The Morgan fingerprint density at radius 2 is 2.00 bits per heavy atom. The van der Waals surface area contributed by atoms with Gasteiger partial charge in [0, 0.05) is 30.7 Å². The molecule has 130 valence electrons. The minimum atomic E-state index is -0.0268. The number of carbonyl (C=O) groups is 1. The molecule has 0 aromatic carbocycles. The van der Waals surface area contributed by atoms with Crippen LogP contribution >= 0.6 is 0 Å². The van der Waals surface area contributed by atoms with Crippen molar-refractivity contribution >= 4 is 5.91 Å². The van der Waals surface area contributed by atoms with E-state index < -0.39 is 0 Å². The Hall–Kier alpha value is -2.89. The maximum atomic E-state index is 12.8. The van der Waals surface area contributed by atoms with Crippen molar-refractivity contribution in [2.24, 2.45) is 0 Å². The molecule has 0 saturated heterocycles. The summed E-state index contributed by atoms with van der Waals surface area (Å²) in [5.74, 6) is 0.713. The van der Waals surface area contributed by atoms with E-state index in [1.165, 1.54) is 0 Å². The Kier molecular flexibility index (Phi) is 4.70. The monoisotopic (exact) mass is 338 g/mol. The van der Waals surface area contributed by atoms with E-state index in [1.54, 1.807) is 18.1 Å². The van der Waals surface area contributed by atoms with Crippen LogP contribution in [0.1, 0.15) is 38.9 Å². The summed E-state index contributed by atoms with van der Waals surface area (Å²) in [6, 6.07) is 9.63. The number of aromatic nitrogens is 3. The highest BCUT2D eigenvalue weighted by Gasteiger charge is 2.20. The molecular weight excluding hydrogens is 316 g/mol. The molecule has 0 spiro atoms. The quantitative estimate of drug-likeness (QED) is 0.717. The molecule has 1 amide bonds. The number of nitrogens with zero attached hydrogens (tertiary/aromatic N) is 4. The number of pyridine rings is 1. The van der Waals surface area contributed by atoms with Crippen molar-refractivity contribution in [3.05, 3.63) is 70.6 Å². The maximum Gasteiger partial charge on any atom is 0.255 e. The highest BCUT2D eigenvalue weighted by Crippen LogP contribution is 2.19. The summed E-state index contributed by atoms with van der Waals surface area (Å²) >= 11 is 0. The first kappa shape index (κ1) is 17.0. The molecule has 0 radical (unpaired) electrons. The Morgan fingerprint density at radius 3 is 2.64 bits per heavy atom. The van der Waals surface area contributed by atoms with Crippen LogP contribution in [-0.4, -0.2) is 32.6 Å². The van der Waals surface area contributed by atoms with E-state index in [0.29, 0.717) is 18.7 Å². The number of hydrogen-bond donors (Lipinski definition) is 0. The fraction of sp³-hybridized carbons (Fsp3) is 0.316. The highest BCUT2D eigenvalue weighted by molar-refractivity contribution is 5.95. The molecule has 0 saturated carbocycles. The lowest BCUT2D eigenvalue weighted by molar-refractivity contribution is 0.0781. The second kappa shape index (κ2) is 6.93. The number of hydrogen-bond acceptors (Lipinski definition) is 4. The second-order valence-corrected chi connectivity index (χ2v) is 6.28. The smallest absolute Gasteiger partial charge is 0.255 e. The van der Waals surface area contributed by atoms with Crippen LogP contribution in [0, 0.1) is 20.8 Å². The van der Waals surface area contributed by atoms with Crippen LogP contribution in [0.15, 0.2) is 41.1 Å². The van der Waals surface area contributed by atoms with Crippen molar-refractivity contribution in [1.82, 2.24) is 19.6 Å². The highest BCUT2D eigenvalue weighted by atomic mass is 16.5. The number of carbonyl (C=O) groups excluding carboxylic acids is 1. The average molecular weight is 338 g/mol. The lowest BCUT2D eigenvalue weighted by Crippen LogP contribution is -2.26. The summed E-state index contributed by atoms with van der Waals surface area (Å²) in [5.41, 5.74) is 4.40. The van der Waals surface area contributed by atoms with E-state index in [-0.39, 0.29) is 5.91 Å². The largest absolute Gasteiger partial charge is 0.361 e. The molecule has 0 aliphatic rings. The van der Waals surface area contributed by atoms with Crippen LogP contribution in [0.3, 0.4) is 0 Å². The summed E-state index contributed by atoms with van der Waals surface area (Å²) in [6.45, 7) is 6.88. The van der Waals surface area contributed by atoms with E-state index in [2.05, 4.69) is 14.7 Å². The van der Waals surface area contributed by atoms with Gasteiger partial charge in [-0.1, -0.05) is 11.2 Å². The van der Waals surface area contributed by atoms with E-state index in [0.717, 1.165) is 28.5 Å². The molecule has 6 heteroatoms. The predicted molar refractivity (Wildman–Crippen MR) is 94.3 cm³/mol. The molecule has 0 atom stereocenters. The van der Waals surface area contributed by atoms with Gasteiger partial charge in [0.1, 0.15) is 11.5 Å². The van der Waals surface area contributed by atoms with Gasteiger partial charge in [0.15, 0.2) is 0 Å². The molecule has 3 aromatic heterocycles. The molecule has 0 unspecified atom stereocenters. The fourth-order valence-electron chi connectivity index (χ4n) is 2.93. The van der Waals surface area contributed by atoms with E-state index in [1.807, 2.05) is 51.1 Å². The maximum absolute atomic E-state index is 12.8. The Morgan fingerprint density at radius 1 is 1.20 bits per heavy atom. The van der Waals surface area contributed by atoms with E-state index in [4.69, 9.17) is 4.52 Å². The van der Waals surface area contributed by atoms with Crippen molar-refractivity contribution in [2.75, 3.05) is 7.05 Å². The van der Waals surface area contributed by atoms with Crippen LogP contribution in [0.5, 0.6) is 0 Å². The molecule has 0 aliphatic heterocycles. The normalized spacial score (nSPS) is 10.9. The second-order valence-electron chi connectivity index (χ2n) is 6.28. The minimum absolute atomic E-state index is 0.0268. The molecule has 0 fully saturated rings. The third kappa shape index (κ3) is 3.63. The van der Waals surface area contributed by atoms with Crippen molar-refractivity contribution in [2.45, 2.75) is 33.9 Å². The predicted octanol–water partition coefficient (Wildman–Crippen LogP) is 3.12. The number of rotatable bonds is 5. The third-order valence-electron chi connectivity index (χ3n) is 4.27. The summed E-state index contributed by atoms with van der Waals surface area (Å²) in [4.78, 5) is 18.9. The van der Waals surface area contributed by atoms with Gasteiger partial charge >= 0.3 is 0 Å². The fourth-order valence-corrected chi connectivity index (χ4v) is 2.93. The average Bonchev–Trinajstić information content (AvgIpc) is 3.13. The van der Waals surface area contributed by atoms with Crippen LogP contribution in [0.25, 0.3) is 0 Å². The van der Waals surface area contributed by atoms with E-state index >= 15 is 0 Å². The first-order valence-corrected chi connectivity index (χ1v) is 8.20. The summed E-state index contributed by atoms with van der Waals surface area (Å²) < 4.78 is 7.18. The summed E-state index contributed by atoms with van der Waals surface area (Å²) in [5, 5.41) is 3.95. The summed E-state index contributed by atoms with van der Waals surface area (Å²) in [7, 11) is 1.78. The molecular formula is C19H22N4O2. The molecule has 3 rings (SSSR count). The van der Waals surface area contributed by atoms with E-state index in [9.17, 15) is 4.79 Å². The van der Waals surface area contributed by atoms with Crippen molar-refractivity contribution in [3.8, 4) is 0 Å². The molecule has 0 aliphatic carbocycles. The van der Waals surface area contributed by atoms with Crippen molar-refractivity contribution < 1.29 is 9.32 Å². The third-order valence-corrected chi connectivity index (χ3v) is 4.27. The van der Waals surface area contributed by atoms with Crippen LogP contribution in [0.2, 0.25) is 0 Å². The van der Waals surface area contributed by atoms with Crippen molar-refractivity contribution in [1.29, 1.82) is 0 Å². The number of aryl methyl sites for hydroxylation is 2. The molecule has 25 heavy (non-hydrogen) atoms. The SMILES string of the molecule is Cc1cc(CN(C)C(=O)c2cc(C)n(Cc3ccccn3)c2C)no1.